The average molecular weight is 273 g/mol. The molecule has 1 aliphatic rings. The van der Waals surface area contributed by atoms with Gasteiger partial charge in [0.05, 0.1) is 6.61 Å². The molecule has 0 amide bonds. The molecular weight excluding hydrogens is 257 g/mol. The van der Waals surface area contributed by atoms with Gasteiger partial charge in [-0.05, 0) is 23.8 Å². The van der Waals surface area contributed by atoms with Crippen LogP contribution >= 0.6 is 0 Å². The van der Waals surface area contributed by atoms with Crippen molar-refractivity contribution in [3.8, 4) is 11.5 Å². The lowest BCUT2D eigenvalue weighted by Crippen LogP contribution is -2.26. The third-order valence-electron chi connectivity index (χ3n) is 3.52. The third-order valence-corrected chi connectivity index (χ3v) is 3.52. The summed E-state index contributed by atoms with van der Waals surface area (Å²) < 4.78 is 18.9. The zero-order valence-corrected chi connectivity index (χ0v) is 11.0. The molecule has 3 nitrogen and oxygen atoms in total. The SMILES string of the molecule is Oc1ccc(CNC2CCOc3ccccc32)cc1F. The molecule has 4 heteroatoms. The van der Waals surface area contributed by atoms with E-state index in [0.29, 0.717) is 13.2 Å². The molecule has 1 unspecified atom stereocenters. The fourth-order valence-electron chi connectivity index (χ4n) is 2.46. The molecule has 1 aliphatic heterocycles. The number of hydrogen-bond acceptors (Lipinski definition) is 3. The summed E-state index contributed by atoms with van der Waals surface area (Å²) in [6, 6.07) is 12.6. The minimum Gasteiger partial charge on any atom is -0.505 e. The van der Waals surface area contributed by atoms with E-state index in [1.807, 2.05) is 24.3 Å². The second-order valence-corrected chi connectivity index (χ2v) is 4.89. The highest BCUT2D eigenvalue weighted by atomic mass is 19.1. The molecule has 1 heterocycles. The lowest BCUT2D eigenvalue weighted by atomic mass is 10.0. The summed E-state index contributed by atoms with van der Waals surface area (Å²) in [5.41, 5.74) is 1.95. The first-order valence-electron chi connectivity index (χ1n) is 6.66. The van der Waals surface area contributed by atoms with Crippen molar-refractivity contribution in [2.45, 2.75) is 19.0 Å². The number of ether oxygens (including phenoxy) is 1. The van der Waals surface area contributed by atoms with Gasteiger partial charge in [-0.25, -0.2) is 4.39 Å². The van der Waals surface area contributed by atoms with Crippen LogP contribution in [-0.4, -0.2) is 11.7 Å². The fourth-order valence-corrected chi connectivity index (χ4v) is 2.46. The smallest absolute Gasteiger partial charge is 0.165 e. The van der Waals surface area contributed by atoms with Crippen LogP contribution in [0.4, 0.5) is 4.39 Å². The maximum absolute atomic E-state index is 13.3. The Morgan fingerprint density at radius 1 is 1.25 bits per heavy atom. The van der Waals surface area contributed by atoms with E-state index in [1.54, 1.807) is 6.07 Å². The van der Waals surface area contributed by atoms with Gasteiger partial charge in [0.15, 0.2) is 11.6 Å². The van der Waals surface area contributed by atoms with Crippen molar-refractivity contribution in [3.63, 3.8) is 0 Å². The molecule has 0 saturated heterocycles. The number of para-hydroxylation sites is 1. The van der Waals surface area contributed by atoms with Crippen molar-refractivity contribution < 1.29 is 14.2 Å². The highest BCUT2D eigenvalue weighted by Crippen LogP contribution is 2.31. The topological polar surface area (TPSA) is 41.5 Å². The number of phenolic OH excluding ortho intramolecular Hbond substituents is 1. The van der Waals surface area contributed by atoms with E-state index in [9.17, 15) is 9.50 Å². The van der Waals surface area contributed by atoms with Crippen LogP contribution < -0.4 is 10.1 Å². The van der Waals surface area contributed by atoms with Crippen molar-refractivity contribution in [2.75, 3.05) is 6.61 Å². The molecule has 0 aromatic heterocycles. The number of halogens is 1. The van der Waals surface area contributed by atoms with Crippen LogP contribution in [0.5, 0.6) is 11.5 Å². The van der Waals surface area contributed by atoms with Gasteiger partial charge in [-0.2, -0.15) is 0 Å². The van der Waals surface area contributed by atoms with Gasteiger partial charge >= 0.3 is 0 Å². The van der Waals surface area contributed by atoms with Gasteiger partial charge in [0.25, 0.3) is 0 Å². The van der Waals surface area contributed by atoms with Gasteiger partial charge in [-0.3, -0.25) is 0 Å². The maximum Gasteiger partial charge on any atom is 0.165 e. The molecule has 0 aliphatic carbocycles. The van der Waals surface area contributed by atoms with Crippen molar-refractivity contribution in [1.29, 1.82) is 0 Å². The van der Waals surface area contributed by atoms with Crippen molar-refractivity contribution in [3.05, 3.63) is 59.4 Å². The van der Waals surface area contributed by atoms with Crippen LogP contribution in [0.1, 0.15) is 23.6 Å². The zero-order chi connectivity index (χ0) is 13.9. The number of fused-ring (bicyclic) bond motifs is 1. The van der Waals surface area contributed by atoms with E-state index < -0.39 is 5.82 Å². The van der Waals surface area contributed by atoms with Gasteiger partial charge < -0.3 is 15.2 Å². The molecule has 3 rings (SSSR count). The minimum absolute atomic E-state index is 0.205. The Bertz CT molecular complexity index is 615. The molecule has 0 radical (unpaired) electrons. The molecule has 104 valence electrons. The van der Waals surface area contributed by atoms with Gasteiger partial charge in [0.1, 0.15) is 5.75 Å². The van der Waals surface area contributed by atoms with E-state index in [-0.39, 0.29) is 11.8 Å². The average Bonchev–Trinajstić information content (AvgIpc) is 2.48. The first-order chi connectivity index (χ1) is 9.74. The maximum atomic E-state index is 13.3. The van der Waals surface area contributed by atoms with Crippen LogP contribution in [0, 0.1) is 5.82 Å². The molecule has 0 spiro atoms. The fraction of sp³-hybridized carbons (Fsp3) is 0.250. The summed E-state index contributed by atoms with van der Waals surface area (Å²) in [5.74, 6) is 0.00924. The number of phenols is 1. The quantitative estimate of drug-likeness (QED) is 0.902. The van der Waals surface area contributed by atoms with Crippen LogP contribution in [0.15, 0.2) is 42.5 Å². The van der Waals surface area contributed by atoms with Crippen LogP contribution in [0.25, 0.3) is 0 Å². The summed E-state index contributed by atoms with van der Waals surface area (Å²) in [7, 11) is 0. The van der Waals surface area contributed by atoms with E-state index in [1.165, 1.54) is 12.1 Å². The van der Waals surface area contributed by atoms with Gasteiger partial charge in [0.2, 0.25) is 0 Å². The normalized spacial score (nSPS) is 17.4. The molecule has 2 aromatic rings. The number of aromatic hydroxyl groups is 1. The predicted octanol–water partition coefficient (Wildman–Crippen LogP) is 3.14. The zero-order valence-electron chi connectivity index (χ0n) is 11.0. The summed E-state index contributed by atoms with van der Waals surface area (Å²) in [5, 5.41) is 12.6. The van der Waals surface area contributed by atoms with Crippen LogP contribution in [-0.2, 0) is 6.54 Å². The lowest BCUT2D eigenvalue weighted by Gasteiger charge is -2.26. The third kappa shape index (κ3) is 2.60. The minimum atomic E-state index is -0.586. The Morgan fingerprint density at radius 3 is 2.95 bits per heavy atom. The van der Waals surface area contributed by atoms with E-state index in [2.05, 4.69) is 5.32 Å². The van der Waals surface area contributed by atoms with Crippen molar-refractivity contribution >= 4 is 0 Å². The molecule has 0 bridgehead atoms. The Balaban J connectivity index is 1.71. The van der Waals surface area contributed by atoms with Crippen LogP contribution in [0.3, 0.4) is 0 Å². The second kappa shape index (κ2) is 5.51. The Morgan fingerprint density at radius 2 is 2.10 bits per heavy atom. The molecule has 0 fully saturated rings. The van der Waals surface area contributed by atoms with Gasteiger partial charge in [0, 0.05) is 24.6 Å². The molecule has 1 atom stereocenters. The summed E-state index contributed by atoms with van der Waals surface area (Å²) in [6.45, 7) is 1.23. The van der Waals surface area contributed by atoms with Gasteiger partial charge in [-0.15, -0.1) is 0 Å². The number of nitrogens with one attached hydrogen (secondary N) is 1. The largest absolute Gasteiger partial charge is 0.505 e. The number of benzene rings is 2. The highest BCUT2D eigenvalue weighted by Gasteiger charge is 2.20. The van der Waals surface area contributed by atoms with E-state index in [4.69, 9.17) is 4.74 Å². The van der Waals surface area contributed by atoms with Gasteiger partial charge in [-0.1, -0.05) is 24.3 Å². The first-order valence-corrected chi connectivity index (χ1v) is 6.66. The summed E-state index contributed by atoms with van der Waals surface area (Å²) in [4.78, 5) is 0. The highest BCUT2D eigenvalue weighted by molar-refractivity contribution is 5.37. The lowest BCUT2D eigenvalue weighted by molar-refractivity contribution is 0.252. The molecule has 2 N–H and O–H groups in total. The predicted molar refractivity (Wildman–Crippen MR) is 74.2 cm³/mol. The molecule has 2 aromatic carbocycles. The Hall–Kier alpha value is -2.07. The van der Waals surface area contributed by atoms with Crippen LogP contribution in [0.2, 0.25) is 0 Å². The summed E-state index contributed by atoms with van der Waals surface area (Å²) >= 11 is 0. The molecule has 0 saturated carbocycles. The monoisotopic (exact) mass is 273 g/mol. The second-order valence-electron chi connectivity index (χ2n) is 4.89. The number of hydrogen-bond donors (Lipinski definition) is 2. The number of rotatable bonds is 3. The standard InChI is InChI=1S/C16H16FNO2/c17-13-9-11(5-6-15(13)19)10-18-14-7-8-20-16-4-2-1-3-12(14)16/h1-6,9,14,18-19H,7-8,10H2. The first kappa shape index (κ1) is 12.9. The van der Waals surface area contributed by atoms with Crippen molar-refractivity contribution in [2.24, 2.45) is 0 Å². The molecular formula is C16H16FNO2. The summed E-state index contributed by atoms with van der Waals surface area (Å²) in [6.07, 6.45) is 0.886. The van der Waals surface area contributed by atoms with E-state index >= 15 is 0 Å². The Kier molecular flexibility index (Phi) is 3.56. The molecule has 20 heavy (non-hydrogen) atoms. The Labute approximate surface area is 117 Å². The van der Waals surface area contributed by atoms with Crippen molar-refractivity contribution in [1.82, 2.24) is 5.32 Å². The van der Waals surface area contributed by atoms with E-state index in [0.717, 1.165) is 23.3 Å².